The fourth-order valence-corrected chi connectivity index (χ4v) is 2.06. The van der Waals surface area contributed by atoms with Gasteiger partial charge in [-0.2, -0.15) is 0 Å². The van der Waals surface area contributed by atoms with Crippen LogP contribution in [0.5, 0.6) is 0 Å². The number of benzene rings is 1. The first-order valence-corrected chi connectivity index (χ1v) is 6.31. The summed E-state index contributed by atoms with van der Waals surface area (Å²) in [6.45, 7) is 5.68. The lowest BCUT2D eigenvalue weighted by atomic mass is 10.1. The van der Waals surface area contributed by atoms with Crippen LogP contribution in [0.1, 0.15) is 22.8 Å². The van der Waals surface area contributed by atoms with Gasteiger partial charge < -0.3 is 15.4 Å². The number of carbonyl (C=O) groups excluding carboxylic acids is 1. The molecule has 1 heterocycles. The second kappa shape index (κ2) is 5.50. The Morgan fingerprint density at radius 3 is 2.72 bits per heavy atom. The van der Waals surface area contributed by atoms with Gasteiger partial charge in [-0.3, -0.25) is 4.79 Å². The maximum Gasteiger partial charge on any atom is 0.254 e. The van der Waals surface area contributed by atoms with Crippen LogP contribution in [0.25, 0.3) is 0 Å². The van der Waals surface area contributed by atoms with Crippen molar-refractivity contribution < 1.29 is 9.53 Å². The molecule has 2 atom stereocenters. The van der Waals surface area contributed by atoms with Gasteiger partial charge in [-0.15, -0.1) is 0 Å². The van der Waals surface area contributed by atoms with Crippen LogP contribution in [-0.2, 0) is 4.74 Å². The van der Waals surface area contributed by atoms with Crippen LogP contribution in [0.2, 0.25) is 0 Å². The number of morpholine rings is 1. The van der Waals surface area contributed by atoms with Crippen molar-refractivity contribution in [3.8, 4) is 0 Å². The molecule has 0 spiro atoms. The van der Waals surface area contributed by atoms with E-state index in [1.807, 2.05) is 43.0 Å². The molecule has 2 N–H and O–H groups in total. The molecule has 2 rings (SSSR count). The summed E-state index contributed by atoms with van der Waals surface area (Å²) in [6, 6.07) is 7.59. The van der Waals surface area contributed by atoms with Gasteiger partial charge in [-0.05, 0) is 26.0 Å². The minimum absolute atomic E-state index is 0.0568. The summed E-state index contributed by atoms with van der Waals surface area (Å²) >= 11 is 0. The number of amides is 1. The summed E-state index contributed by atoms with van der Waals surface area (Å²) in [7, 11) is 0. The molecule has 1 saturated heterocycles. The van der Waals surface area contributed by atoms with Gasteiger partial charge in [0.25, 0.3) is 5.91 Å². The highest BCUT2D eigenvalue weighted by atomic mass is 16.5. The van der Waals surface area contributed by atoms with E-state index in [-0.39, 0.29) is 18.1 Å². The summed E-state index contributed by atoms with van der Waals surface area (Å²) in [4.78, 5) is 14.1. The molecule has 18 heavy (non-hydrogen) atoms. The zero-order valence-electron chi connectivity index (χ0n) is 10.9. The second-order valence-corrected chi connectivity index (χ2v) is 4.89. The normalized spacial score (nSPS) is 21.7. The first-order valence-electron chi connectivity index (χ1n) is 6.31. The summed E-state index contributed by atoms with van der Waals surface area (Å²) in [5, 5.41) is 0. The Morgan fingerprint density at radius 1 is 1.44 bits per heavy atom. The van der Waals surface area contributed by atoms with Crippen LogP contribution in [0.15, 0.2) is 24.3 Å². The number of aryl methyl sites for hydroxylation is 1. The Balaban J connectivity index is 2.06. The lowest BCUT2D eigenvalue weighted by Gasteiger charge is -2.34. The molecule has 1 amide bonds. The Hall–Kier alpha value is -1.39. The molecule has 4 heteroatoms. The predicted octanol–water partition coefficient (Wildman–Crippen LogP) is 1.18. The van der Waals surface area contributed by atoms with E-state index in [1.165, 1.54) is 0 Å². The summed E-state index contributed by atoms with van der Waals surface area (Å²) < 4.78 is 5.56. The van der Waals surface area contributed by atoms with Gasteiger partial charge in [-0.1, -0.05) is 17.7 Å². The van der Waals surface area contributed by atoms with Gasteiger partial charge in [0.1, 0.15) is 0 Å². The SMILES string of the molecule is Cc1ccc(C(=O)N2CCOC(C(C)N)C2)cc1. The quantitative estimate of drug-likeness (QED) is 0.855. The Morgan fingerprint density at radius 2 is 2.11 bits per heavy atom. The third kappa shape index (κ3) is 2.89. The van der Waals surface area contributed by atoms with E-state index in [0.717, 1.165) is 11.1 Å². The van der Waals surface area contributed by atoms with E-state index in [4.69, 9.17) is 10.5 Å². The van der Waals surface area contributed by atoms with Gasteiger partial charge in [0.2, 0.25) is 0 Å². The van der Waals surface area contributed by atoms with Crippen LogP contribution < -0.4 is 5.73 Å². The largest absolute Gasteiger partial charge is 0.373 e. The topological polar surface area (TPSA) is 55.6 Å². The number of nitrogens with two attached hydrogens (primary N) is 1. The summed E-state index contributed by atoms with van der Waals surface area (Å²) in [5.41, 5.74) is 7.71. The van der Waals surface area contributed by atoms with Crippen molar-refractivity contribution in [1.82, 2.24) is 4.90 Å². The highest BCUT2D eigenvalue weighted by Gasteiger charge is 2.26. The molecule has 0 aliphatic carbocycles. The maximum absolute atomic E-state index is 12.3. The summed E-state index contributed by atoms with van der Waals surface area (Å²) in [5.74, 6) is 0.0592. The lowest BCUT2D eigenvalue weighted by Crippen LogP contribution is -2.51. The molecular formula is C14H20N2O2. The third-order valence-corrected chi connectivity index (χ3v) is 3.27. The molecular weight excluding hydrogens is 228 g/mol. The van der Waals surface area contributed by atoms with E-state index in [9.17, 15) is 4.79 Å². The second-order valence-electron chi connectivity index (χ2n) is 4.89. The first-order chi connectivity index (χ1) is 8.58. The molecule has 0 aromatic heterocycles. The number of hydrogen-bond acceptors (Lipinski definition) is 3. The van der Waals surface area contributed by atoms with Crippen molar-refractivity contribution >= 4 is 5.91 Å². The molecule has 0 bridgehead atoms. The van der Waals surface area contributed by atoms with Crippen LogP contribution in [0.3, 0.4) is 0 Å². The van der Waals surface area contributed by atoms with Crippen LogP contribution in [0, 0.1) is 6.92 Å². The van der Waals surface area contributed by atoms with Crippen LogP contribution in [0.4, 0.5) is 0 Å². The third-order valence-electron chi connectivity index (χ3n) is 3.27. The van der Waals surface area contributed by atoms with Crippen molar-refractivity contribution in [3.05, 3.63) is 35.4 Å². The van der Waals surface area contributed by atoms with E-state index in [2.05, 4.69) is 0 Å². The Labute approximate surface area is 108 Å². The standard InChI is InChI=1S/C14H20N2O2/c1-10-3-5-12(6-4-10)14(17)16-7-8-18-13(9-16)11(2)15/h3-6,11,13H,7-9,15H2,1-2H3. The van der Waals surface area contributed by atoms with Crippen molar-refractivity contribution in [1.29, 1.82) is 0 Å². The molecule has 0 saturated carbocycles. The Bertz CT molecular complexity index is 414. The number of nitrogens with zero attached hydrogens (tertiary/aromatic N) is 1. The lowest BCUT2D eigenvalue weighted by molar-refractivity contribution is -0.0300. The molecule has 1 aliphatic rings. The molecule has 2 unspecified atom stereocenters. The van der Waals surface area contributed by atoms with E-state index in [0.29, 0.717) is 19.7 Å². The molecule has 1 aliphatic heterocycles. The van der Waals surface area contributed by atoms with Gasteiger partial charge in [-0.25, -0.2) is 0 Å². The molecule has 1 aromatic carbocycles. The van der Waals surface area contributed by atoms with Crippen molar-refractivity contribution in [2.24, 2.45) is 5.73 Å². The number of rotatable bonds is 2. The van der Waals surface area contributed by atoms with Crippen molar-refractivity contribution in [2.45, 2.75) is 26.0 Å². The zero-order chi connectivity index (χ0) is 13.1. The number of ether oxygens (including phenoxy) is 1. The monoisotopic (exact) mass is 248 g/mol. The fraction of sp³-hybridized carbons (Fsp3) is 0.500. The number of hydrogen-bond donors (Lipinski definition) is 1. The zero-order valence-corrected chi connectivity index (χ0v) is 10.9. The highest BCUT2D eigenvalue weighted by Crippen LogP contribution is 2.12. The average Bonchev–Trinajstić information content (AvgIpc) is 2.39. The highest BCUT2D eigenvalue weighted by molar-refractivity contribution is 5.94. The molecule has 0 radical (unpaired) electrons. The molecule has 98 valence electrons. The van der Waals surface area contributed by atoms with E-state index < -0.39 is 0 Å². The fourth-order valence-electron chi connectivity index (χ4n) is 2.06. The van der Waals surface area contributed by atoms with Crippen LogP contribution >= 0.6 is 0 Å². The van der Waals surface area contributed by atoms with Gasteiger partial charge in [0.05, 0.1) is 12.7 Å². The number of carbonyl (C=O) groups is 1. The van der Waals surface area contributed by atoms with Gasteiger partial charge in [0, 0.05) is 24.7 Å². The van der Waals surface area contributed by atoms with Crippen LogP contribution in [-0.4, -0.2) is 42.6 Å². The molecule has 1 fully saturated rings. The summed E-state index contributed by atoms with van der Waals surface area (Å²) in [6.07, 6.45) is -0.0619. The van der Waals surface area contributed by atoms with Crippen molar-refractivity contribution in [3.63, 3.8) is 0 Å². The molecule has 1 aromatic rings. The minimum Gasteiger partial charge on any atom is -0.373 e. The van der Waals surface area contributed by atoms with Crippen molar-refractivity contribution in [2.75, 3.05) is 19.7 Å². The van der Waals surface area contributed by atoms with Gasteiger partial charge >= 0.3 is 0 Å². The average molecular weight is 248 g/mol. The predicted molar refractivity (Wildman–Crippen MR) is 70.5 cm³/mol. The van der Waals surface area contributed by atoms with Gasteiger partial charge in [0.15, 0.2) is 0 Å². The smallest absolute Gasteiger partial charge is 0.254 e. The first kappa shape index (κ1) is 13.1. The van der Waals surface area contributed by atoms with E-state index >= 15 is 0 Å². The van der Waals surface area contributed by atoms with E-state index in [1.54, 1.807) is 0 Å². The maximum atomic E-state index is 12.3. The minimum atomic E-state index is -0.0619. The molecule has 4 nitrogen and oxygen atoms in total. The Kier molecular flexibility index (Phi) is 3.99.